The Hall–Kier alpha value is -0.910. The zero-order valence-electron chi connectivity index (χ0n) is 10.6. The number of hydrogen-bond donors (Lipinski definition) is 2. The molecular formula is C13H19ClF2N2O. The summed E-state index contributed by atoms with van der Waals surface area (Å²) in [6.45, 7) is 2.74. The molecule has 0 aromatic heterocycles. The number of phenolic OH excluding ortho intramolecular Hbond substituents is 1. The van der Waals surface area contributed by atoms with Crippen molar-refractivity contribution in [3.05, 3.63) is 29.6 Å². The Kier molecular flexibility index (Phi) is 6.48. The van der Waals surface area contributed by atoms with Crippen molar-refractivity contribution in [2.75, 3.05) is 32.9 Å². The SMILES string of the molecule is Cl.Oc1ccc(F)cc1[C@H](CCF)N1CCNCC1. The topological polar surface area (TPSA) is 35.5 Å². The van der Waals surface area contributed by atoms with Crippen molar-refractivity contribution in [1.29, 1.82) is 0 Å². The van der Waals surface area contributed by atoms with Crippen LogP contribution in [0.3, 0.4) is 0 Å². The number of piperazine rings is 1. The van der Waals surface area contributed by atoms with Crippen LogP contribution in [0.5, 0.6) is 5.75 Å². The summed E-state index contributed by atoms with van der Waals surface area (Å²) < 4.78 is 26.0. The molecule has 1 saturated heterocycles. The van der Waals surface area contributed by atoms with Crippen molar-refractivity contribution in [2.45, 2.75) is 12.5 Å². The van der Waals surface area contributed by atoms with Gasteiger partial charge in [-0.25, -0.2) is 4.39 Å². The molecule has 1 heterocycles. The Morgan fingerprint density at radius 2 is 2.00 bits per heavy atom. The number of nitrogens with one attached hydrogen (secondary N) is 1. The molecule has 0 amide bonds. The van der Waals surface area contributed by atoms with E-state index in [1.54, 1.807) is 0 Å². The second-order valence-corrected chi connectivity index (χ2v) is 4.48. The molecule has 0 bridgehead atoms. The van der Waals surface area contributed by atoms with Gasteiger partial charge in [0, 0.05) is 37.8 Å². The minimum absolute atomic E-state index is 0. The Morgan fingerprint density at radius 3 is 2.63 bits per heavy atom. The number of nitrogens with zero attached hydrogens (tertiary/aromatic N) is 1. The van der Waals surface area contributed by atoms with Crippen molar-refractivity contribution in [3.63, 3.8) is 0 Å². The monoisotopic (exact) mass is 292 g/mol. The fourth-order valence-electron chi connectivity index (χ4n) is 2.42. The summed E-state index contributed by atoms with van der Waals surface area (Å²) in [6, 6.07) is 3.59. The van der Waals surface area contributed by atoms with Gasteiger partial charge < -0.3 is 10.4 Å². The fraction of sp³-hybridized carbons (Fsp3) is 0.538. The fourth-order valence-corrected chi connectivity index (χ4v) is 2.42. The predicted octanol–water partition coefficient (Wildman–Crippen LogP) is 2.26. The second-order valence-electron chi connectivity index (χ2n) is 4.48. The number of benzene rings is 1. The standard InChI is InChI=1S/C13H18F2N2O.ClH/c14-4-3-12(17-7-5-16-6-8-17)11-9-10(15)1-2-13(11)18;/h1-2,9,12,16,18H,3-8H2;1H/t12-;/m0./s1. The molecule has 0 unspecified atom stereocenters. The zero-order chi connectivity index (χ0) is 13.0. The summed E-state index contributed by atoms with van der Waals surface area (Å²) >= 11 is 0. The van der Waals surface area contributed by atoms with Crippen molar-refractivity contribution in [1.82, 2.24) is 10.2 Å². The van der Waals surface area contributed by atoms with Gasteiger partial charge in [0.05, 0.1) is 6.67 Å². The smallest absolute Gasteiger partial charge is 0.123 e. The molecule has 0 radical (unpaired) electrons. The maximum absolute atomic E-state index is 13.3. The van der Waals surface area contributed by atoms with Gasteiger partial charge in [0.2, 0.25) is 0 Å². The minimum atomic E-state index is -0.482. The Balaban J connectivity index is 0.00000180. The van der Waals surface area contributed by atoms with E-state index in [2.05, 4.69) is 10.2 Å². The van der Waals surface area contributed by atoms with Crippen LogP contribution >= 0.6 is 12.4 Å². The number of halogens is 3. The van der Waals surface area contributed by atoms with Gasteiger partial charge in [0.1, 0.15) is 11.6 Å². The van der Waals surface area contributed by atoms with E-state index in [9.17, 15) is 13.9 Å². The van der Waals surface area contributed by atoms with Gasteiger partial charge in [-0.3, -0.25) is 9.29 Å². The van der Waals surface area contributed by atoms with Crippen molar-refractivity contribution >= 4 is 12.4 Å². The Morgan fingerprint density at radius 1 is 1.32 bits per heavy atom. The first kappa shape index (κ1) is 16.1. The summed E-state index contributed by atoms with van der Waals surface area (Å²) in [5, 5.41) is 13.0. The maximum atomic E-state index is 13.3. The first-order chi connectivity index (χ1) is 8.72. The van der Waals surface area contributed by atoms with Crippen LogP contribution in [0, 0.1) is 5.82 Å². The van der Waals surface area contributed by atoms with Gasteiger partial charge >= 0.3 is 0 Å². The molecule has 1 atom stereocenters. The molecule has 0 saturated carbocycles. The third-order valence-electron chi connectivity index (χ3n) is 3.32. The molecule has 19 heavy (non-hydrogen) atoms. The van der Waals surface area contributed by atoms with Crippen LogP contribution in [-0.4, -0.2) is 42.9 Å². The largest absolute Gasteiger partial charge is 0.508 e. The zero-order valence-corrected chi connectivity index (χ0v) is 11.4. The molecule has 3 nitrogen and oxygen atoms in total. The van der Waals surface area contributed by atoms with Crippen LogP contribution in [0.2, 0.25) is 0 Å². The van der Waals surface area contributed by atoms with Gasteiger partial charge in [0.15, 0.2) is 0 Å². The van der Waals surface area contributed by atoms with E-state index in [4.69, 9.17) is 0 Å². The van der Waals surface area contributed by atoms with Crippen molar-refractivity contribution in [2.24, 2.45) is 0 Å². The van der Waals surface area contributed by atoms with Crippen LogP contribution in [-0.2, 0) is 0 Å². The highest BCUT2D eigenvalue weighted by molar-refractivity contribution is 5.85. The highest BCUT2D eigenvalue weighted by Gasteiger charge is 2.24. The quantitative estimate of drug-likeness (QED) is 0.893. The van der Waals surface area contributed by atoms with Crippen molar-refractivity contribution in [3.8, 4) is 5.75 Å². The highest BCUT2D eigenvalue weighted by atomic mass is 35.5. The van der Waals surface area contributed by atoms with Crippen LogP contribution in [0.1, 0.15) is 18.0 Å². The summed E-state index contributed by atoms with van der Waals surface area (Å²) in [7, 11) is 0. The molecule has 0 spiro atoms. The van der Waals surface area contributed by atoms with Crippen LogP contribution in [0.25, 0.3) is 0 Å². The lowest BCUT2D eigenvalue weighted by Gasteiger charge is -2.35. The average molecular weight is 293 g/mol. The van der Waals surface area contributed by atoms with Crippen LogP contribution in [0.15, 0.2) is 18.2 Å². The number of phenols is 1. The van der Waals surface area contributed by atoms with Gasteiger partial charge in [-0.1, -0.05) is 0 Å². The average Bonchev–Trinajstić information content (AvgIpc) is 2.40. The van der Waals surface area contributed by atoms with E-state index >= 15 is 0 Å². The third kappa shape index (κ3) is 4.03. The number of alkyl halides is 1. The number of hydrogen-bond acceptors (Lipinski definition) is 3. The van der Waals surface area contributed by atoms with E-state index in [1.807, 2.05) is 0 Å². The maximum Gasteiger partial charge on any atom is 0.123 e. The predicted molar refractivity (Wildman–Crippen MR) is 73.1 cm³/mol. The lowest BCUT2D eigenvalue weighted by atomic mass is 10.0. The third-order valence-corrected chi connectivity index (χ3v) is 3.32. The Labute approximate surface area is 118 Å². The lowest BCUT2D eigenvalue weighted by molar-refractivity contribution is 0.155. The molecule has 1 aromatic rings. The minimum Gasteiger partial charge on any atom is -0.508 e. The molecule has 6 heteroatoms. The summed E-state index contributed by atoms with van der Waals surface area (Å²) in [6.07, 6.45) is 0.275. The van der Waals surface area contributed by atoms with Gasteiger partial charge in [0.25, 0.3) is 0 Å². The van der Waals surface area contributed by atoms with Crippen molar-refractivity contribution < 1.29 is 13.9 Å². The van der Waals surface area contributed by atoms with E-state index in [0.29, 0.717) is 5.56 Å². The normalized spacial score (nSPS) is 17.8. The first-order valence-corrected chi connectivity index (χ1v) is 6.21. The van der Waals surface area contributed by atoms with E-state index < -0.39 is 12.5 Å². The van der Waals surface area contributed by atoms with Crippen LogP contribution in [0.4, 0.5) is 8.78 Å². The molecule has 1 aliphatic heterocycles. The Bertz CT molecular complexity index is 400. The molecule has 1 aliphatic rings. The molecule has 1 fully saturated rings. The van der Waals surface area contributed by atoms with Crippen LogP contribution < -0.4 is 5.32 Å². The molecule has 2 rings (SSSR count). The van der Waals surface area contributed by atoms with Gasteiger partial charge in [-0.2, -0.15) is 0 Å². The molecule has 2 N–H and O–H groups in total. The number of rotatable bonds is 4. The lowest BCUT2D eigenvalue weighted by Crippen LogP contribution is -2.45. The van der Waals surface area contributed by atoms with E-state index in [0.717, 1.165) is 26.2 Å². The summed E-state index contributed by atoms with van der Waals surface area (Å²) in [5.41, 5.74) is 0.481. The molecule has 108 valence electrons. The van der Waals surface area contributed by atoms with Gasteiger partial charge in [-0.15, -0.1) is 12.4 Å². The van der Waals surface area contributed by atoms with Gasteiger partial charge in [-0.05, 0) is 24.6 Å². The molecular weight excluding hydrogens is 274 g/mol. The van der Waals surface area contributed by atoms with E-state index in [-0.39, 0.29) is 30.6 Å². The molecule has 0 aliphatic carbocycles. The van der Waals surface area contributed by atoms with E-state index in [1.165, 1.54) is 18.2 Å². The molecule has 1 aromatic carbocycles. The summed E-state index contributed by atoms with van der Waals surface area (Å²) in [4.78, 5) is 2.09. The first-order valence-electron chi connectivity index (χ1n) is 6.21. The number of aromatic hydroxyl groups is 1. The summed E-state index contributed by atoms with van der Waals surface area (Å²) in [5.74, 6) is -0.366. The highest BCUT2D eigenvalue weighted by Crippen LogP contribution is 2.32. The second kappa shape index (κ2) is 7.62.